The van der Waals surface area contributed by atoms with Gasteiger partial charge in [-0.25, -0.2) is 4.79 Å². The average Bonchev–Trinajstić information content (AvgIpc) is 3.31. The second kappa shape index (κ2) is 9.60. The van der Waals surface area contributed by atoms with E-state index in [9.17, 15) is 9.90 Å². The lowest BCUT2D eigenvalue weighted by molar-refractivity contribution is 0.0698. The minimum Gasteiger partial charge on any atom is -0.493 e. The van der Waals surface area contributed by atoms with Crippen molar-refractivity contribution in [3.8, 4) is 11.5 Å². The summed E-state index contributed by atoms with van der Waals surface area (Å²) in [5, 5.41) is 9.56. The zero-order valence-corrected chi connectivity index (χ0v) is 18.0. The van der Waals surface area contributed by atoms with Gasteiger partial charge in [-0.1, -0.05) is 6.07 Å². The van der Waals surface area contributed by atoms with Crippen molar-refractivity contribution >= 4 is 23.0 Å². The van der Waals surface area contributed by atoms with E-state index in [4.69, 9.17) is 15.2 Å². The number of nitrogen functional groups attached to an aromatic ring is 1. The van der Waals surface area contributed by atoms with E-state index in [-0.39, 0.29) is 17.4 Å². The molecule has 32 heavy (non-hydrogen) atoms. The Hall–Kier alpha value is -3.74. The number of carboxylic acid groups (broad SMARTS) is 1. The van der Waals surface area contributed by atoms with E-state index >= 15 is 0 Å². The number of aromatic nitrogens is 1. The van der Waals surface area contributed by atoms with Crippen molar-refractivity contribution in [1.82, 2.24) is 4.98 Å². The highest BCUT2D eigenvalue weighted by Crippen LogP contribution is 2.38. The molecule has 0 radical (unpaired) electrons. The van der Waals surface area contributed by atoms with Gasteiger partial charge in [-0.15, -0.1) is 0 Å². The molecule has 0 unspecified atom stereocenters. The molecule has 0 spiro atoms. The number of hydrogen-bond acceptors (Lipinski definition) is 6. The van der Waals surface area contributed by atoms with Gasteiger partial charge in [0.2, 0.25) is 0 Å². The molecule has 4 rings (SSSR count). The Balaban J connectivity index is 1.76. The normalized spacial score (nSPS) is 13.7. The highest BCUT2D eigenvalue weighted by atomic mass is 16.5. The van der Waals surface area contributed by atoms with Gasteiger partial charge in [-0.05, 0) is 67.6 Å². The number of pyridine rings is 1. The Kier molecular flexibility index (Phi) is 6.44. The highest BCUT2D eigenvalue weighted by molar-refractivity contribution is 5.95. The quantitative estimate of drug-likeness (QED) is 0.481. The average molecular weight is 434 g/mol. The van der Waals surface area contributed by atoms with Crippen LogP contribution in [0.3, 0.4) is 0 Å². The first-order valence-electron chi connectivity index (χ1n) is 10.7. The lowest BCUT2D eigenvalue weighted by Gasteiger charge is -2.27. The molecule has 166 valence electrons. The third-order valence-electron chi connectivity index (χ3n) is 5.70. The van der Waals surface area contributed by atoms with Gasteiger partial charge in [0, 0.05) is 42.1 Å². The number of hydrogen-bond donors (Lipinski definition) is 2. The number of carboxylic acids is 1. The Morgan fingerprint density at radius 2 is 1.88 bits per heavy atom. The van der Waals surface area contributed by atoms with Crippen molar-refractivity contribution in [2.45, 2.75) is 38.3 Å². The molecule has 0 bridgehead atoms. The molecule has 0 saturated heterocycles. The van der Waals surface area contributed by atoms with Crippen LogP contribution in [0, 0.1) is 0 Å². The maximum atomic E-state index is 11.7. The fraction of sp³-hybridized carbons (Fsp3) is 0.280. The van der Waals surface area contributed by atoms with Gasteiger partial charge in [0.1, 0.15) is 0 Å². The lowest BCUT2D eigenvalue weighted by Crippen LogP contribution is -2.18. The predicted molar refractivity (Wildman–Crippen MR) is 124 cm³/mol. The molecule has 2 aromatic carbocycles. The first-order valence-corrected chi connectivity index (χ1v) is 10.7. The molecule has 0 amide bonds. The van der Waals surface area contributed by atoms with Crippen molar-refractivity contribution < 1.29 is 19.4 Å². The van der Waals surface area contributed by atoms with E-state index in [1.54, 1.807) is 31.6 Å². The van der Waals surface area contributed by atoms with Crippen LogP contribution in [0.2, 0.25) is 0 Å². The van der Waals surface area contributed by atoms with Crippen LogP contribution in [-0.4, -0.2) is 29.3 Å². The summed E-state index contributed by atoms with van der Waals surface area (Å²) < 4.78 is 11.8. The number of ether oxygens (including phenoxy) is 2. The van der Waals surface area contributed by atoms with Crippen LogP contribution in [0.1, 0.15) is 41.6 Å². The van der Waals surface area contributed by atoms with E-state index in [1.165, 1.54) is 12.8 Å². The molecule has 3 N–H and O–H groups in total. The summed E-state index contributed by atoms with van der Waals surface area (Å²) in [4.78, 5) is 17.9. The minimum atomic E-state index is -1.06. The van der Waals surface area contributed by atoms with Crippen LogP contribution in [-0.2, 0) is 6.54 Å². The lowest BCUT2D eigenvalue weighted by atomic mass is 10.1. The van der Waals surface area contributed by atoms with Crippen LogP contribution in [0.15, 0.2) is 60.9 Å². The van der Waals surface area contributed by atoms with Gasteiger partial charge in [0.15, 0.2) is 11.5 Å². The topological polar surface area (TPSA) is 97.9 Å². The molecule has 7 heteroatoms. The fourth-order valence-corrected chi connectivity index (χ4v) is 4.01. The van der Waals surface area contributed by atoms with Gasteiger partial charge in [0.05, 0.1) is 18.8 Å². The standard InChI is InChI=1S/C25H27N3O4/c1-31-23-11-9-19(14-24(23)32-20-6-2-3-7-20)28(16-17-5-4-12-27-15-17)18-8-10-22(26)21(13-18)25(29)30/h4-5,8-15,20H,2-3,6-7,16,26H2,1H3,(H,29,30). The summed E-state index contributed by atoms with van der Waals surface area (Å²) in [7, 11) is 1.63. The third-order valence-corrected chi connectivity index (χ3v) is 5.70. The molecule has 0 atom stereocenters. The number of carbonyl (C=O) groups is 1. The van der Waals surface area contributed by atoms with Crippen molar-refractivity contribution in [3.63, 3.8) is 0 Å². The summed E-state index contributed by atoms with van der Waals surface area (Å²) in [6, 6.07) is 14.7. The second-order valence-electron chi connectivity index (χ2n) is 7.88. The van der Waals surface area contributed by atoms with Crippen LogP contribution >= 0.6 is 0 Å². The molecular weight excluding hydrogens is 406 g/mol. The maximum Gasteiger partial charge on any atom is 0.337 e. The maximum absolute atomic E-state index is 11.7. The monoisotopic (exact) mass is 433 g/mol. The SMILES string of the molecule is COc1ccc(N(Cc2cccnc2)c2ccc(N)c(C(=O)O)c2)cc1OC1CCCC1. The van der Waals surface area contributed by atoms with E-state index in [0.717, 1.165) is 24.1 Å². The van der Waals surface area contributed by atoms with Crippen molar-refractivity contribution in [2.75, 3.05) is 17.7 Å². The van der Waals surface area contributed by atoms with Crippen LogP contribution in [0.5, 0.6) is 11.5 Å². The molecule has 0 aliphatic heterocycles. The molecule has 7 nitrogen and oxygen atoms in total. The smallest absolute Gasteiger partial charge is 0.337 e. The van der Waals surface area contributed by atoms with Crippen LogP contribution < -0.4 is 20.1 Å². The largest absolute Gasteiger partial charge is 0.493 e. The van der Waals surface area contributed by atoms with E-state index in [0.29, 0.717) is 23.7 Å². The number of methoxy groups -OCH3 is 1. The zero-order valence-electron chi connectivity index (χ0n) is 18.0. The number of anilines is 3. The fourth-order valence-electron chi connectivity index (χ4n) is 4.01. The van der Waals surface area contributed by atoms with Crippen molar-refractivity contribution in [2.24, 2.45) is 0 Å². The van der Waals surface area contributed by atoms with Gasteiger partial charge in [-0.3, -0.25) is 4.98 Å². The zero-order chi connectivity index (χ0) is 22.5. The molecular formula is C25H27N3O4. The summed E-state index contributed by atoms with van der Waals surface area (Å²) in [5.41, 5.74) is 8.72. The Morgan fingerprint density at radius 1 is 1.12 bits per heavy atom. The van der Waals surface area contributed by atoms with E-state index in [2.05, 4.69) is 4.98 Å². The number of nitrogens with two attached hydrogens (primary N) is 1. The van der Waals surface area contributed by atoms with Gasteiger partial charge in [0.25, 0.3) is 0 Å². The number of rotatable bonds is 8. The Bertz CT molecular complexity index is 1080. The molecule has 1 fully saturated rings. The molecule has 1 saturated carbocycles. The number of benzene rings is 2. The minimum absolute atomic E-state index is 0.0645. The molecule has 1 aromatic heterocycles. The first kappa shape index (κ1) is 21.5. The second-order valence-corrected chi connectivity index (χ2v) is 7.88. The molecule has 3 aromatic rings. The molecule has 1 heterocycles. The Labute approximate surface area is 187 Å². The summed E-state index contributed by atoms with van der Waals surface area (Å²) in [6.45, 7) is 0.492. The van der Waals surface area contributed by atoms with Gasteiger partial charge >= 0.3 is 5.97 Å². The third kappa shape index (κ3) is 4.77. The summed E-state index contributed by atoms with van der Waals surface area (Å²) in [6.07, 6.45) is 8.11. The summed E-state index contributed by atoms with van der Waals surface area (Å²) >= 11 is 0. The number of aromatic carboxylic acids is 1. The van der Waals surface area contributed by atoms with Crippen LogP contribution in [0.4, 0.5) is 17.1 Å². The number of nitrogens with zero attached hydrogens (tertiary/aromatic N) is 2. The summed E-state index contributed by atoms with van der Waals surface area (Å²) in [5.74, 6) is 0.290. The highest BCUT2D eigenvalue weighted by Gasteiger charge is 2.21. The van der Waals surface area contributed by atoms with Gasteiger partial charge < -0.3 is 25.2 Å². The molecule has 1 aliphatic rings. The molecule has 1 aliphatic carbocycles. The van der Waals surface area contributed by atoms with E-state index < -0.39 is 5.97 Å². The van der Waals surface area contributed by atoms with Crippen LogP contribution in [0.25, 0.3) is 0 Å². The van der Waals surface area contributed by atoms with Crippen molar-refractivity contribution in [1.29, 1.82) is 0 Å². The van der Waals surface area contributed by atoms with Gasteiger partial charge in [-0.2, -0.15) is 0 Å². The predicted octanol–water partition coefficient (Wildman–Crippen LogP) is 5.03. The van der Waals surface area contributed by atoms with E-state index in [1.807, 2.05) is 41.3 Å². The first-order chi connectivity index (χ1) is 15.5. The van der Waals surface area contributed by atoms with Crippen molar-refractivity contribution in [3.05, 3.63) is 72.1 Å². The Morgan fingerprint density at radius 3 is 2.56 bits per heavy atom.